The van der Waals surface area contributed by atoms with E-state index in [1.54, 1.807) is 24.3 Å². The fraction of sp³-hybridized carbons (Fsp3) is 0.568. The van der Waals surface area contributed by atoms with Crippen molar-refractivity contribution in [3.8, 4) is 0 Å². The van der Waals surface area contributed by atoms with Gasteiger partial charge in [0.15, 0.2) is 22.3 Å². The van der Waals surface area contributed by atoms with Crippen LogP contribution in [0.15, 0.2) is 36.4 Å². The van der Waals surface area contributed by atoms with Crippen molar-refractivity contribution >= 4 is 56.9 Å². The van der Waals surface area contributed by atoms with Crippen molar-refractivity contribution in [2.75, 3.05) is 19.8 Å². The third-order valence-electron chi connectivity index (χ3n) is 10.5. The molecule has 0 radical (unpaired) electrons. The van der Waals surface area contributed by atoms with E-state index in [0.717, 1.165) is 5.56 Å². The zero-order chi connectivity index (χ0) is 38.7. The number of nitrogens with two attached hydrogens (primary N) is 1. The summed E-state index contributed by atoms with van der Waals surface area (Å²) in [6.07, 6.45) is 0.294. The molecule has 0 saturated carbocycles. The van der Waals surface area contributed by atoms with Crippen LogP contribution in [0.4, 0.5) is 4.39 Å². The van der Waals surface area contributed by atoms with Crippen molar-refractivity contribution in [1.29, 1.82) is 0 Å². The molecule has 14 heteroatoms. The molecule has 3 N–H and O–H groups in total. The first kappa shape index (κ1) is 42.3. The van der Waals surface area contributed by atoms with E-state index in [9.17, 15) is 14.4 Å². The first-order valence-corrected chi connectivity index (χ1v) is 23.6. The number of primary amides is 1. The van der Waals surface area contributed by atoms with Gasteiger partial charge in [-0.15, -0.1) is 0 Å². The summed E-state index contributed by atoms with van der Waals surface area (Å²) in [5, 5.41) is 7.74. The summed E-state index contributed by atoms with van der Waals surface area (Å²) in [4.78, 5) is 41.8. The number of aryl methyl sites for hydroxylation is 1. The Morgan fingerprint density at radius 3 is 2.22 bits per heavy atom. The highest BCUT2D eigenvalue weighted by Gasteiger charge is 2.39. The van der Waals surface area contributed by atoms with Gasteiger partial charge in [0, 0.05) is 17.6 Å². The Labute approximate surface area is 309 Å². The Morgan fingerprint density at radius 1 is 1.02 bits per heavy atom. The summed E-state index contributed by atoms with van der Waals surface area (Å²) in [5.74, 6) is -2.23. The van der Waals surface area contributed by atoms with E-state index < -0.39 is 52.3 Å². The van der Waals surface area contributed by atoms with E-state index in [4.69, 9.17) is 26.2 Å². The highest BCUT2D eigenvalue weighted by molar-refractivity contribution is 6.74. The van der Waals surface area contributed by atoms with Gasteiger partial charge in [-0.2, -0.15) is 5.10 Å². The SMILES string of the molecule is Cc1ccc2c(c1)c(C(N)=O)nn2CC(=O)N(CC(=O)N[C@H](CCO[Si](C)(C)C(C)(C)C)c1cccc(Cl)c1F)[C@H](C)CO[Si](C)(C)C(C)(C)C. The summed E-state index contributed by atoms with van der Waals surface area (Å²) in [5.41, 5.74) is 7.41. The van der Waals surface area contributed by atoms with Crippen LogP contribution in [0.25, 0.3) is 10.9 Å². The van der Waals surface area contributed by atoms with Crippen molar-refractivity contribution in [1.82, 2.24) is 20.0 Å². The zero-order valence-corrected chi connectivity index (χ0v) is 35.1. The molecule has 2 atom stereocenters. The highest BCUT2D eigenvalue weighted by atomic mass is 35.5. The molecule has 0 spiro atoms. The van der Waals surface area contributed by atoms with Gasteiger partial charge in [-0.3, -0.25) is 19.1 Å². The van der Waals surface area contributed by atoms with Gasteiger partial charge in [0.1, 0.15) is 12.4 Å². The minimum atomic E-state index is -2.21. The van der Waals surface area contributed by atoms with Gasteiger partial charge in [0.05, 0.1) is 35.8 Å². The van der Waals surface area contributed by atoms with Crippen molar-refractivity contribution in [2.24, 2.45) is 5.73 Å². The maximum Gasteiger partial charge on any atom is 0.269 e. The Balaban J connectivity index is 1.94. The van der Waals surface area contributed by atoms with E-state index >= 15 is 4.39 Å². The minimum absolute atomic E-state index is 0.0343. The van der Waals surface area contributed by atoms with E-state index in [1.807, 2.05) is 19.9 Å². The van der Waals surface area contributed by atoms with Gasteiger partial charge in [-0.1, -0.05) is 76.9 Å². The second-order valence-corrected chi connectivity index (χ2v) is 26.5. The molecule has 51 heavy (non-hydrogen) atoms. The van der Waals surface area contributed by atoms with E-state index in [1.165, 1.54) is 15.6 Å². The smallest absolute Gasteiger partial charge is 0.269 e. The maximum absolute atomic E-state index is 15.4. The number of carbonyl (C=O) groups is 3. The molecule has 0 aliphatic carbocycles. The summed E-state index contributed by atoms with van der Waals surface area (Å²) in [6, 6.07) is 8.86. The van der Waals surface area contributed by atoms with Crippen LogP contribution in [0.3, 0.4) is 0 Å². The maximum atomic E-state index is 15.4. The van der Waals surface area contributed by atoms with Crippen LogP contribution in [-0.2, 0) is 25.0 Å². The normalized spacial score (nSPS) is 14.0. The average Bonchev–Trinajstić information content (AvgIpc) is 3.35. The van der Waals surface area contributed by atoms with Crippen LogP contribution in [-0.4, -0.2) is 74.8 Å². The predicted molar refractivity (Wildman–Crippen MR) is 207 cm³/mol. The number of aromatic nitrogens is 2. The molecule has 0 aliphatic rings. The van der Waals surface area contributed by atoms with E-state index in [-0.39, 0.29) is 46.1 Å². The van der Waals surface area contributed by atoms with Gasteiger partial charge < -0.3 is 24.8 Å². The van der Waals surface area contributed by atoms with Crippen LogP contribution in [0.1, 0.15) is 82.5 Å². The Bertz CT molecular complexity index is 1730. The molecule has 0 fully saturated rings. The zero-order valence-electron chi connectivity index (χ0n) is 32.4. The first-order valence-electron chi connectivity index (χ1n) is 17.4. The second-order valence-electron chi connectivity index (χ2n) is 16.5. The highest BCUT2D eigenvalue weighted by Crippen LogP contribution is 2.38. The number of nitrogens with one attached hydrogen (secondary N) is 1. The quantitative estimate of drug-likeness (QED) is 0.153. The van der Waals surface area contributed by atoms with Crippen LogP contribution < -0.4 is 11.1 Å². The van der Waals surface area contributed by atoms with Crippen LogP contribution >= 0.6 is 11.6 Å². The minimum Gasteiger partial charge on any atom is -0.417 e. The molecule has 0 bridgehead atoms. The second kappa shape index (κ2) is 16.3. The van der Waals surface area contributed by atoms with Gasteiger partial charge in [0.25, 0.3) is 5.91 Å². The van der Waals surface area contributed by atoms with Crippen LogP contribution in [0.2, 0.25) is 41.3 Å². The third-order valence-corrected chi connectivity index (χ3v) is 19.8. The van der Waals surface area contributed by atoms with Crippen LogP contribution in [0.5, 0.6) is 0 Å². The molecule has 1 aromatic heterocycles. The number of fused-ring (bicyclic) bond motifs is 1. The first-order chi connectivity index (χ1) is 23.4. The number of nitrogens with zero attached hydrogens (tertiary/aromatic N) is 3. The molecular formula is C37H57ClFN5O5Si2. The Kier molecular flexibility index (Phi) is 13.5. The number of rotatable bonds is 15. The lowest BCUT2D eigenvalue weighted by Crippen LogP contribution is -2.51. The molecule has 2 aromatic carbocycles. The third kappa shape index (κ3) is 10.5. The van der Waals surface area contributed by atoms with Crippen molar-refractivity contribution in [3.63, 3.8) is 0 Å². The average molecular weight is 763 g/mol. The molecule has 282 valence electrons. The number of hydrogen-bond donors (Lipinski definition) is 2. The molecule has 0 aliphatic heterocycles. The standard InChI is InChI=1S/C37H57ClFN5O5Si2/c1-24-16-17-30-27(20-24)34(35(40)47)42-44(30)22-32(46)43(25(2)23-49-51(11,12)37(6,7)8)21-31(45)41-29(26-14-13-15-28(38)33(26)39)18-19-48-50(9,10)36(3,4)5/h13-17,20,25,29H,18-19,21-23H2,1-12H3,(H2,40,47)(H,41,45)/t25-,29-/m1/s1. The molecule has 0 unspecified atom stereocenters. The largest absolute Gasteiger partial charge is 0.417 e. The number of carbonyl (C=O) groups excluding carboxylic acids is 3. The van der Waals surface area contributed by atoms with Gasteiger partial charge in [-0.25, -0.2) is 4.39 Å². The fourth-order valence-corrected chi connectivity index (χ4v) is 7.41. The lowest BCUT2D eigenvalue weighted by atomic mass is 10.0. The van der Waals surface area contributed by atoms with Gasteiger partial charge in [0.2, 0.25) is 11.8 Å². The number of benzene rings is 2. The molecule has 1 heterocycles. The van der Waals surface area contributed by atoms with Crippen molar-refractivity contribution in [2.45, 2.75) is 117 Å². The molecule has 3 rings (SSSR count). The molecule has 3 amide bonds. The van der Waals surface area contributed by atoms with Gasteiger partial charge >= 0.3 is 0 Å². The molecular weight excluding hydrogens is 705 g/mol. The number of amides is 3. The molecule has 10 nitrogen and oxygen atoms in total. The summed E-state index contributed by atoms with van der Waals surface area (Å²) in [7, 11) is -4.34. The topological polar surface area (TPSA) is 129 Å². The molecule has 3 aromatic rings. The van der Waals surface area contributed by atoms with E-state index in [0.29, 0.717) is 23.9 Å². The van der Waals surface area contributed by atoms with Crippen molar-refractivity contribution in [3.05, 3.63) is 64.1 Å². The number of halogens is 2. The lowest BCUT2D eigenvalue weighted by Gasteiger charge is -2.38. The summed E-state index contributed by atoms with van der Waals surface area (Å²) in [6.45, 7) is 24.9. The monoisotopic (exact) mass is 761 g/mol. The van der Waals surface area contributed by atoms with E-state index in [2.05, 4.69) is 78.1 Å². The fourth-order valence-electron chi connectivity index (χ4n) is 5.08. The van der Waals surface area contributed by atoms with Crippen LogP contribution in [0, 0.1) is 12.7 Å². The Hall–Kier alpha value is -3.11. The van der Waals surface area contributed by atoms with Crippen molar-refractivity contribution < 1.29 is 27.6 Å². The molecule has 0 saturated heterocycles. The van der Waals surface area contributed by atoms with Gasteiger partial charge in [-0.05, 0) is 74.7 Å². The number of hydrogen-bond acceptors (Lipinski definition) is 6. The summed E-state index contributed by atoms with van der Waals surface area (Å²) >= 11 is 6.17. The lowest BCUT2D eigenvalue weighted by molar-refractivity contribution is -0.139. The Morgan fingerprint density at radius 2 is 1.63 bits per heavy atom. The summed E-state index contributed by atoms with van der Waals surface area (Å²) < 4.78 is 29.7. The predicted octanol–water partition coefficient (Wildman–Crippen LogP) is 7.74.